The van der Waals surface area contributed by atoms with E-state index < -0.39 is 0 Å². The molecule has 24 heavy (non-hydrogen) atoms. The van der Waals surface area contributed by atoms with E-state index in [1.807, 2.05) is 18.2 Å². The molecule has 2 heterocycles. The molecule has 10 nitrogen and oxygen atoms in total. The van der Waals surface area contributed by atoms with Crippen molar-refractivity contribution in [3.05, 3.63) is 45.7 Å². The lowest BCUT2D eigenvalue weighted by Crippen LogP contribution is -2.54. The summed E-state index contributed by atoms with van der Waals surface area (Å²) >= 11 is 0. The molecular weight excluding hydrogens is 312 g/mol. The summed E-state index contributed by atoms with van der Waals surface area (Å²) in [4.78, 5) is 23.4. The lowest BCUT2D eigenvalue weighted by atomic mass is 10.1. The fraction of sp³-hybridized carbons (Fsp3) is 0.286. The van der Waals surface area contributed by atoms with Crippen molar-refractivity contribution in [3.63, 3.8) is 0 Å². The van der Waals surface area contributed by atoms with Crippen molar-refractivity contribution in [2.75, 3.05) is 14.1 Å². The topological polar surface area (TPSA) is 102 Å². The van der Waals surface area contributed by atoms with E-state index in [0.717, 1.165) is 0 Å². The van der Waals surface area contributed by atoms with E-state index in [0.29, 0.717) is 22.8 Å². The number of amidine groups is 1. The van der Waals surface area contributed by atoms with E-state index in [2.05, 4.69) is 20.7 Å². The average molecular weight is 328 g/mol. The summed E-state index contributed by atoms with van der Waals surface area (Å²) in [5, 5.41) is 14.9. The number of urea groups is 1. The zero-order chi connectivity index (χ0) is 17.4. The molecule has 1 aliphatic heterocycles. The molecule has 0 saturated carbocycles. The Hall–Kier alpha value is -3.30. The molecule has 1 aromatic carbocycles. The standard InChI is InChI=1S/C14H16N8O2/c1-19-13(23)20(2)16-11(15-19)9-6-5-7-10(8-9)12-17-21(3)14(24)22(4)18-12/h5-8H,1-4H3. The van der Waals surface area contributed by atoms with E-state index >= 15 is 0 Å². The Morgan fingerprint density at radius 3 is 2.50 bits per heavy atom. The first-order chi connectivity index (χ1) is 11.4. The predicted molar refractivity (Wildman–Crippen MR) is 84.7 cm³/mol. The van der Waals surface area contributed by atoms with Crippen molar-refractivity contribution in [1.82, 2.24) is 24.9 Å². The van der Waals surface area contributed by atoms with Gasteiger partial charge in [0.15, 0.2) is 0 Å². The lowest BCUT2D eigenvalue weighted by Gasteiger charge is -2.38. The summed E-state index contributed by atoms with van der Waals surface area (Å²) in [6.45, 7) is 0. The molecule has 2 aromatic rings. The Morgan fingerprint density at radius 1 is 1.12 bits per heavy atom. The van der Waals surface area contributed by atoms with E-state index in [4.69, 9.17) is 0 Å². The van der Waals surface area contributed by atoms with Crippen LogP contribution in [0.25, 0.3) is 16.8 Å². The Bertz CT molecular complexity index is 878. The molecule has 0 atom stereocenters. The van der Waals surface area contributed by atoms with Gasteiger partial charge >= 0.3 is 11.7 Å². The Labute approximate surface area is 137 Å². The molecule has 0 N–H and O–H groups in total. The van der Waals surface area contributed by atoms with Crippen LogP contribution in [-0.2, 0) is 14.1 Å². The molecule has 0 spiro atoms. The number of aryl methyl sites for hydroxylation is 2. The highest BCUT2D eigenvalue weighted by atomic mass is 16.2. The largest absolute Gasteiger partial charge is 0.539 e. The Kier molecular flexibility index (Phi) is 3.72. The van der Waals surface area contributed by atoms with Crippen LogP contribution in [0.2, 0.25) is 0 Å². The van der Waals surface area contributed by atoms with E-state index in [-0.39, 0.29) is 11.7 Å². The molecule has 2 amide bonds. The third-order valence-electron chi connectivity index (χ3n) is 3.47. The van der Waals surface area contributed by atoms with Crippen LogP contribution < -0.4 is 10.4 Å². The van der Waals surface area contributed by atoms with Crippen molar-refractivity contribution in [2.24, 2.45) is 19.2 Å². The van der Waals surface area contributed by atoms with Gasteiger partial charge in [0, 0.05) is 19.7 Å². The highest BCUT2D eigenvalue weighted by Gasteiger charge is 2.16. The van der Waals surface area contributed by atoms with Crippen molar-refractivity contribution in [3.8, 4) is 11.4 Å². The molecule has 0 unspecified atom stereocenters. The highest BCUT2D eigenvalue weighted by molar-refractivity contribution is 6.11. The van der Waals surface area contributed by atoms with Gasteiger partial charge in [-0.15, -0.1) is 0 Å². The predicted octanol–water partition coefficient (Wildman–Crippen LogP) is -0.386. The molecule has 0 radical (unpaired) electrons. The van der Waals surface area contributed by atoms with Crippen LogP contribution >= 0.6 is 0 Å². The van der Waals surface area contributed by atoms with E-state index in [9.17, 15) is 9.59 Å². The lowest BCUT2D eigenvalue weighted by molar-refractivity contribution is -0.749. The monoisotopic (exact) mass is 328 g/mol. The molecule has 0 bridgehead atoms. The van der Waals surface area contributed by atoms with Gasteiger partial charge in [0.25, 0.3) is 0 Å². The van der Waals surface area contributed by atoms with Crippen LogP contribution in [0.1, 0.15) is 5.56 Å². The summed E-state index contributed by atoms with van der Waals surface area (Å²) < 4.78 is 2.44. The highest BCUT2D eigenvalue weighted by Crippen LogP contribution is 2.20. The molecule has 1 aliphatic rings. The Morgan fingerprint density at radius 2 is 1.83 bits per heavy atom. The van der Waals surface area contributed by atoms with Crippen LogP contribution in [0, 0.1) is 0 Å². The van der Waals surface area contributed by atoms with Gasteiger partial charge in [-0.25, -0.2) is 4.79 Å². The number of amides is 2. The van der Waals surface area contributed by atoms with E-state index in [1.54, 1.807) is 34.3 Å². The van der Waals surface area contributed by atoms with Crippen LogP contribution in [0.3, 0.4) is 0 Å². The number of nitrogens with zero attached hydrogens (tertiary/aromatic N) is 8. The number of rotatable bonds is 2. The minimum atomic E-state index is -0.316. The quantitative estimate of drug-likeness (QED) is 0.701. The first-order valence-electron chi connectivity index (χ1n) is 7.11. The maximum absolute atomic E-state index is 11.7. The molecule has 3 rings (SSSR count). The van der Waals surface area contributed by atoms with Crippen molar-refractivity contribution < 1.29 is 9.48 Å². The summed E-state index contributed by atoms with van der Waals surface area (Å²) in [5.74, 6) is 0.797. The zero-order valence-corrected chi connectivity index (χ0v) is 13.7. The molecule has 0 aliphatic carbocycles. The van der Waals surface area contributed by atoms with Gasteiger partial charge in [0.2, 0.25) is 5.82 Å². The van der Waals surface area contributed by atoms with Gasteiger partial charge in [0.1, 0.15) is 14.1 Å². The average Bonchev–Trinajstić information content (AvgIpc) is 2.56. The number of carbonyl (C=O) groups excluding carboxylic acids is 1. The minimum Gasteiger partial charge on any atom is -0.369 e. The van der Waals surface area contributed by atoms with Crippen molar-refractivity contribution >= 4 is 11.9 Å². The van der Waals surface area contributed by atoms with Crippen LogP contribution in [0.4, 0.5) is 4.79 Å². The minimum absolute atomic E-state index is 0.316. The first kappa shape index (κ1) is 15.6. The van der Waals surface area contributed by atoms with Gasteiger partial charge < -0.3 is 20.5 Å². The van der Waals surface area contributed by atoms with Crippen molar-refractivity contribution in [2.45, 2.75) is 0 Å². The fourth-order valence-corrected chi connectivity index (χ4v) is 2.23. The maximum atomic E-state index is 11.7. The van der Waals surface area contributed by atoms with Crippen molar-refractivity contribution in [1.29, 1.82) is 0 Å². The number of hydrazone groups is 1. The molecule has 0 fully saturated rings. The fourth-order valence-electron chi connectivity index (χ4n) is 2.23. The number of hydrogen-bond acceptors (Lipinski definition) is 5. The Balaban J connectivity index is 2.03. The second kappa shape index (κ2) is 5.72. The second-order valence-corrected chi connectivity index (χ2v) is 5.29. The zero-order valence-electron chi connectivity index (χ0n) is 13.7. The smallest absolute Gasteiger partial charge is 0.369 e. The third kappa shape index (κ3) is 2.69. The SMILES string of the molecule is CN1N=C(c2cccc(-c3nn(C)c(=O)[n+](C)n3)c2)[N-]N(C)C1=O. The van der Waals surface area contributed by atoms with Crippen LogP contribution in [0.15, 0.2) is 34.2 Å². The van der Waals surface area contributed by atoms with Gasteiger partial charge in [0.05, 0.1) is 0 Å². The van der Waals surface area contributed by atoms with Gasteiger partial charge in [-0.2, -0.15) is 4.79 Å². The molecular formula is C14H16N8O2. The van der Waals surface area contributed by atoms with Gasteiger partial charge in [-0.1, -0.05) is 37.8 Å². The van der Waals surface area contributed by atoms with Gasteiger partial charge in [-0.3, -0.25) is 0 Å². The summed E-state index contributed by atoms with van der Waals surface area (Å²) in [6.07, 6.45) is 0. The number of carbonyl (C=O) groups is 1. The number of hydrogen-bond donors (Lipinski definition) is 0. The van der Waals surface area contributed by atoms with Crippen LogP contribution in [0.5, 0.6) is 0 Å². The summed E-state index contributed by atoms with van der Waals surface area (Å²) in [7, 11) is 6.25. The number of aromatic nitrogens is 4. The first-order valence-corrected chi connectivity index (χ1v) is 7.11. The maximum Gasteiger partial charge on any atom is 0.539 e. The van der Waals surface area contributed by atoms with Crippen LogP contribution in [-0.4, -0.2) is 50.9 Å². The van der Waals surface area contributed by atoms with Gasteiger partial charge in [-0.05, 0) is 17.5 Å². The third-order valence-corrected chi connectivity index (χ3v) is 3.47. The summed E-state index contributed by atoms with van der Waals surface area (Å²) in [5.41, 5.74) is 5.26. The molecule has 0 saturated heterocycles. The molecule has 124 valence electrons. The molecule has 1 aromatic heterocycles. The second-order valence-electron chi connectivity index (χ2n) is 5.29. The number of benzene rings is 1. The normalized spacial score (nSPS) is 14.5. The summed E-state index contributed by atoms with van der Waals surface area (Å²) in [6, 6.07) is 6.95. The van der Waals surface area contributed by atoms with E-state index in [1.165, 1.54) is 19.4 Å². The molecule has 10 heteroatoms.